The van der Waals surface area contributed by atoms with Gasteiger partial charge < -0.3 is 15.7 Å². The summed E-state index contributed by atoms with van der Waals surface area (Å²) in [5.74, 6) is -0.822. The van der Waals surface area contributed by atoms with Crippen molar-refractivity contribution >= 4 is 17.8 Å². The molecule has 0 saturated carbocycles. The molecular weight excluding hydrogens is 262 g/mol. The second-order valence-corrected chi connectivity index (χ2v) is 4.39. The number of carbonyl (C=O) groups excluding carboxylic acids is 3. The van der Waals surface area contributed by atoms with Gasteiger partial charge in [-0.15, -0.1) is 0 Å². The van der Waals surface area contributed by atoms with Gasteiger partial charge in [-0.05, 0) is 11.1 Å². The SMILES string of the molecule is O=C(CN1C(=O)CNC1=O)NCc1cccc(CO)c1. The Balaban J connectivity index is 1.86. The van der Waals surface area contributed by atoms with Gasteiger partial charge >= 0.3 is 6.03 Å². The molecule has 0 radical (unpaired) electrons. The lowest BCUT2D eigenvalue weighted by Crippen LogP contribution is -2.40. The minimum Gasteiger partial charge on any atom is -0.392 e. The average Bonchev–Trinajstić information content (AvgIpc) is 2.77. The van der Waals surface area contributed by atoms with Crippen LogP contribution < -0.4 is 10.6 Å². The molecular formula is C13H15N3O4. The Labute approximate surface area is 115 Å². The van der Waals surface area contributed by atoms with Crippen LogP contribution in [0.4, 0.5) is 4.79 Å². The minimum atomic E-state index is -0.549. The zero-order valence-electron chi connectivity index (χ0n) is 10.8. The lowest BCUT2D eigenvalue weighted by Gasteiger charge is -2.12. The van der Waals surface area contributed by atoms with E-state index in [0.717, 1.165) is 16.0 Å². The van der Waals surface area contributed by atoms with E-state index in [4.69, 9.17) is 5.11 Å². The Morgan fingerprint density at radius 1 is 1.35 bits per heavy atom. The second kappa shape index (κ2) is 6.16. The molecule has 1 aliphatic heterocycles. The van der Waals surface area contributed by atoms with Gasteiger partial charge in [0.25, 0.3) is 5.91 Å². The van der Waals surface area contributed by atoms with Gasteiger partial charge in [0.05, 0.1) is 13.2 Å². The normalized spacial score (nSPS) is 14.3. The Bertz CT molecular complexity index is 528. The zero-order valence-corrected chi connectivity index (χ0v) is 10.8. The number of nitrogens with one attached hydrogen (secondary N) is 2. The number of hydrogen-bond acceptors (Lipinski definition) is 4. The highest BCUT2D eigenvalue weighted by atomic mass is 16.3. The molecule has 0 bridgehead atoms. The number of aliphatic hydroxyl groups excluding tert-OH is 1. The van der Waals surface area contributed by atoms with Gasteiger partial charge in [-0.25, -0.2) is 4.79 Å². The predicted octanol–water partition coefficient (Wildman–Crippen LogP) is -0.653. The standard InChI is InChI=1S/C13H15N3O4/c17-8-10-3-1-2-9(4-10)5-14-11(18)7-16-12(19)6-15-13(16)20/h1-4,17H,5-8H2,(H,14,18)(H,15,20). The number of urea groups is 1. The molecule has 1 saturated heterocycles. The molecule has 0 aliphatic carbocycles. The molecule has 7 nitrogen and oxygen atoms in total. The maximum atomic E-state index is 11.7. The van der Waals surface area contributed by atoms with E-state index in [1.807, 2.05) is 6.07 Å². The molecule has 7 heteroatoms. The van der Waals surface area contributed by atoms with E-state index in [0.29, 0.717) is 0 Å². The summed E-state index contributed by atoms with van der Waals surface area (Å²) in [6.45, 7) is -0.143. The van der Waals surface area contributed by atoms with E-state index in [1.165, 1.54) is 0 Å². The van der Waals surface area contributed by atoms with E-state index in [9.17, 15) is 14.4 Å². The summed E-state index contributed by atoms with van der Waals surface area (Å²) in [5, 5.41) is 14.0. The summed E-state index contributed by atoms with van der Waals surface area (Å²) in [7, 11) is 0. The van der Waals surface area contributed by atoms with Crippen molar-refractivity contribution in [1.82, 2.24) is 15.5 Å². The number of benzene rings is 1. The summed E-state index contributed by atoms with van der Waals surface area (Å²) in [4.78, 5) is 35.1. The summed E-state index contributed by atoms with van der Waals surface area (Å²) >= 11 is 0. The molecule has 0 unspecified atom stereocenters. The van der Waals surface area contributed by atoms with Crippen LogP contribution in [0.15, 0.2) is 24.3 Å². The average molecular weight is 277 g/mol. The van der Waals surface area contributed by atoms with Gasteiger partial charge in [0.2, 0.25) is 5.91 Å². The topological polar surface area (TPSA) is 98.7 Å². The largest absolute Gasteiger partial charge is 0.392 e. The molecule has 2 rings (SSSR count). The van der Waals surface area contributed by atoms with Crippen LogP contribution in [0.5, 0.6) is 0 Å². The number of hydrogen-bond donors (Lipinski definition) is 3. The molecule has 1 fully saturated rings. The van der Waals surface area contributed by atoms with Crippen molar-refractivity contribution in [3.8, 4) is 0 Å². The molecule has 4 amide bonds. The van der Waals surface area contributed by atoms with E-state index in [-0.39, 0.29) is 26.2 Å². The molecule has 1 aromatic rings. The van der Waals surface area contributed by atoms with Crippen molar-refractivity contribution in [2.75, 3.05) is 13.1 Å². The first-order valence-electron chi connectivity index (χ1n) is 6.13. The fraction of sp³-hybridized carbons (Fsp3) is 0.308. The van der Waals surface area contributed by atoms with Crippen molar-refractivity contribution in [2.24, 2.45) is 0 Å². The van der Waals surface area contributed by atoms with E-state index < -0.39 is 17.8 Å². The molecule has 3 N–H and O–H groups in total. The van der Waals surface area contributed by atoms with E-state index in [1.54, 1.807) is 18.2 Å². The molecule has 106 valence electrons. The summed E-state index contributed by atoms with van der Waals surface area (Å²) in [6.07, 6.45) is 0. The maximum Gasteiger partial charge on any atom is 0.325 e. The van der Waals surface area contributed by atoms with Crippen LogP contribution in [0.2, 0.25) is 0 Å². The number of imide groups is 1. The van der Waals surface area contributed by atoms with Crippen molar-refractivity contribution < 1.29 is 19.5 Å². The van der Waals surface area contributed by atoms with Gasteiger partial charge in [-0.2, -0.15) is 0 Å². The van der Waals surface area contributed by atoms with Crippen LogP contribution in [0, 0.1) is 0 Å². The van der Waals surface area contributed by atoms with Gasteiger partial charge in [0, 0.05) is 6.54 Å². The van der Waals surface area contributed by atoms with Crippen LogP contribution in [0.1, 0.15) is 11.1 Å². The van der Waals surface area contributed by atoms with Crippen LogP contribution in [-0.2, 0) is 22.7 Å². The van der Waals surface area contributed by atoms with Crippen molar-refractivity contribution in [3.05, 3.63) is 35.4 Å². The molecule has 0 aromatic heterocycles. The van der Waals surface area contributed by atoms with E-state index >= 15 is 0 Å². The first-order chi connectivity index (χ1) is 9.60. The first kappa shape index (κ1) is 14.0. The monoisotopic (exact) mass is 277 g/mol. The van der Waals surface area contributed by atoms with Crippen molar-refractivity contribution in [2.45, 2.75) is 13.2 Å². The molecule has 0 spiro atoms. The van der Waals surface area contributed by atoms with E-state index in [2.05, 4.69) is 10.6 Å². The van der Waals surface area contributed by atoms with Gasteiger partial charge in [-0.3, -0.25) is 14.5 Å². The quantitative estimate of drug-likeness (QED) is 0.623. The first-order valence-corrected chi connectivity index (χ1v) is 6.13. The highest BCUT2D eigenvalue weighted by Gasteiger charge is 2.29. The Morgan fingerprint density at radius 3 is 2.75 bits per heavy atom. The smallest absolute Gasteiger partial charge is 0.325 e. The van der Waals surface area contributed by atoms with Crippen LogP contribution in [-0.4, -0.2) is 40.9 Å². The lowest BCUT2D eigenvalue weighted by atomic mass is 10.1. The molecule has 1 aliphatic rings. The van der Waals surface area contributed by atoms with Gasteiger partial charge in [0.1, 0.15) is 6.54 Å². The third-order valence-corrected chi connectivity index (χ3v) is 2.90. The lowest BCUT2D eigenvalue weighted by molar-refractivity contribution is -0.130. The van der Waals surface area contributed by atoms with Crippen LogP contribution in [0.25, 0.3) is 0 Å². The summed E-state index contributed by atoms with van der Waals surface area (Å²) in [5.41, 5.74) is 1.59. The number of rotatable bonds is 5. The van der Waals surface area contributed by atoms with Crippen LogP contribution in [0.3, 0.4) is 0 Å². The van der Waals surface area contributed by atoms with Gasteiger partial charge in [0.15, 0.2) is 0 Å². The molecule has 0 atom stereocenters. The highest BCUT2D eigenvalue weighted by molar-refractivity contribution is 6.04. The van der Waals surface area contributed by atoms with Crippen molar-refractivity contribution in [3.63, 3.8) is 0 Å². The summed E-state index contributed by atoms with van der Waals surface area (Å²) < 4.78 is 0. The molecule has 1 aromatic carbocycles. The number of nitrogens with zero attached hydrogens (tertiary/aromatic N) is 1. The minimum absolute atomic E-state index is 0.0648. The maximum absolute atomic E-state index is 11.7. The Kier molecular flexibility index (Phi) is 4.31. The molecule has 20 heavy (non-hydrogen) atoms. The van der Waals surface area contributed by atoms with Crippen molar-refractivity contribution in [1.29, 1.82) is 0 Å². The molecule has 1 heterocycles. The predicted molar refractivity (Wildman–Crippen MR) is 69.3 cm³/mol. The Morgan fingerprint density at radius 2 is 2.10 bits per heavy atom. The Hall–Kier alpha value is -2.41. The summed E-state index contributed by atoms with van der Waals surface area (Å²) in [6, 6.07) is 6.59. The zero-order chi connectivity index (χ0) is 14.5. The fourth-order valence-corrected chi connectivity index (χ4v) is 1.85. The third kappa shape index (κ3) is 3.33. The number of amides is 4. The fourth-order valence-electron chi connectivity index (χ4n) is 1.85. The number of carbonyl (C=O) groups is 3. The second-order valence-electron chi connectivity index (χ2n) is 4.39. The van der Waals surface area contributed by atoms with Crippen LogP contribution >= 0.6 is 0 Å². The number of aliphatic hydroxyl groups is 1. The van der Waals surface area contributed by atoms with Gasteiger partial charge in [-0.1, -0.05) is 24.3 Å². The third-order valence-electron chi connectivity index (χ3n) is 2.90. The highest BCUT2D eigenvalue weighted by Crippen LogP contribution is 2.05.